The Kier molecular flexibility index (Phi) is 9.93. The van der Waals surface area contributed by atoms with Crippen LogP contribution in [0.15, 0.2) is 0 Å². The molecule has 0 aromatic carbocycles. The molecule has 0 unspecified atom stereocenters. The lowest BCUT2D eigenvalue weighted by atomic mass is 10.5. The Morgan fingerprint density at radius 1 is 1.00 bits per heavy atom. The molecule has 0 saturated carbocycles. The largest absolute Gasteiger partial charge is 0.395 e. The number of hydrogen-bond acceptors (Lipinski definition) is 6. The summed E-state index contributed by atoms with van der Waals surface area (Å²) < 4.78 is 0. The molecule has 0 rings (SSSR count). The highest BCUT2D eigenvalue weighted by molar-refractivity contribution is 4.47. The van der Waals surface area contributed by atoms with Crippen molar-refractivity contribution in [1.82, 2.24) is 9.80 Å². The summed E-state index contributed by atoms with van der Waals surface area (Å²) in [6.07, 6.45) is 0. The normalized spacial score (nSPS) is 11.2. The first kappa shape index (κ1) is 16.2. The molecule has 0 amide bonds. The van der Waals surface area contributed by atoms with Gasteiger partial charge in [-0.3, -0.25) is 4.90 Å². The molecule has 17 heavy (non-hydrogen) atoms. The Labute approximate surface area is 102 Å². The molecule has 0 aromatic heterocycles. The van der Waals surface area contributed by atoms with E-state index in [1.807, 2.05) is 23.9 Å². The van der Waals surface area contributed by atoms with E-state index in [4.69, 9.17) is 15.1 Å². The van der Waals surface area contributed by atoms with Crippen molar-refractivity contribution >= 4 is 0 Å². The molecule has 0 aliphatic carbocycles. The Morgan fingerprint density at radius 3 is 2.06 bits per heavy atom. The van der Waals surface area contributed by atoms with Gasteiger partial charge in [0.25, 0.3) is 6.54 Å². The predicted molar refractivity (Wildman–Crippen MR) is 63.6 cm³/mol. The third kappa shape index (κ3) is 10.1. The van der Waals surface area contributed by atoms with Crippen molar-refractivity contribution in [1.29, 1.82) is 0 Å². The van der Waals surface area contributed by atoms with Gasteiger partial charge in [-0.15, -0.1) is 0 Å². The van der Waals surface area contributed by atoms with E-state index >= 15 is 0 Å². The number of aliphatic hydroxyl groups is 2. The van der Waals surface area contributed by atoms with Crippen molar-refractivity contribution in [2.75, 3.05) is 66.6 Å². The fourth-order valence-corrected chi connectivity index (χ4v) is 1.18. The molecule has 0 bridgehead atoms. The highest BCUT2D eigenvalue weighted by Gasteiger charge is 2.12. The van der Waals surface area contributed by atoms with Gasteiger partial charge in [0.2, 0.25) is 4.92 Å². The summed E-state index contributed by atoms with van der Waals surface area (Å²) in [5.41, 5.74) is 0. The summed E-state index contributed by atoms with van der Waals surface area (Å²) in [6, 6.07) is 0. The zero-order chi connectivity index (χ0) is 13.1. The van der Waals surface area contributed by atoms with Crippen LogP contribution in [0.25, 0.3) is 0 Å². The number of likely N-dealkylation sites (N-methyl/N-ethyl adjacent to an activating group) is 2. The van der Waals surface area contributed by atoms with Gasteiger partial charge in [-0.25, -0.2) is 4.84 Å². The van der Waals surface area contributed by atoms with Crippen LogP contribution in [0.1, 0.15) is 0 Å². The van der Waals surface area contributed by atoms with Crippen LogP contribution in [0.2, 0.25) is 0 Å². The minimum atomic E-state index is 0.0855. The molecule has 102 valence electrons. The Hall–Kier alpha value is -0.760. The van der Waals surface area contributed by atoms with E-state index in [0.29, 0.717) is 37.7 Å². The maximum Gasteiger partial charge on any atom is 0.260 e. The van der Waals surface area contributed by atoms with Crippen LogP contribution in [0.4, 0.5) is 0 Å². The average molecular weight is 250 g/mol. The Morgan fingerprint density at radius 2 is 1.53 bits per heavy atom. The van der Waals surface area contributed by atoms with Gasteiger partial charge in [-0.2, -0.15) is 0 Å². The molecule has 0 spiro atoms. The molecule has 0 fully saturated rings. The quantitative estimate of drug-likeness (QED) is 0.437. The lowest BCUT2D eigenvalue weighted by molar-refractivity contribution is -0.802. The van der Waals surface area contributed by atoms with Gasteiger partial charge in [0, 0.05) is 19.6 Å². The van der Waals surface area contributed by atoms with E-state index in [0.717, 1.165) is 0 Å². The average Bonchev–Trinajstić information content (AvgIpc) is 2.27. The van der Waals surface area contributed by atoms with Crippen LogP contribution in [-0.4, -0.2) is 91.6 Å². The molecule has 0 saturated heterocycles. The van der Waals surface area contributed by atoms with Crippen LogP contribution in [0, 0.1) is 4.91 Å². The number of hydrogen-bond donors (Lipinski definition) is 2. The molecular formula is C10H24N3O4+. The third-order valence-electron chi connectivity index (χ3n) is 2.34. The number of nitrogens with zero attached hydrogens (tertiary/aromatic N) is 3. The van der Waals surface area contributed by atoms with Crippen molar-refractivity contribution in [3.8, 4) is 0 Å². The Balaban J connectivity index is 3.46. The predicted octanol–water partition coefficient (Wildman–Crippen LogP) is -1.45. The monoisotopic (exact) mass is 250 g/mol. The maximum absolute atomic E-state index is 11.2. The molecule has 0 aromatic rings. The SMILES string of the molecule is CN(CCO)CCO[N+](=O)CCN(C)CCO. The summed E-state index contributed by atoms with van der Waals surface area (Å²) in [5.74, 6) is 0. The number of rotatable bonds is 11. The molecule has 0 atom stereocenters. The summed E-state index contributed by atoms with van der Waals surface area (Å²) >= 11 is 0. The molecule has 0 heterocycles. The van der Waals surface area contributed by atoms with Crippen molar-refractivity contribution in [3.63, 3.8) is 0 Å². The van der Waals surface area contributed by atoms with Crippen molar-refractivity contribution < 1.29 is 20.0 Å². The molecule has 7 nitrogen and oxygen atoms in total. The summed E-state index contributed by atoms with van der Waals surface area (Å²) in [7, 11) is 3.68. The molecule has 2 N–H and O–H groups in total. The van der Waals surface area contributed by atoms with E-state index < -0.39 is 0 Å². The van der Waals surface area contributed by atoms with Gasteiger partial charge < -0.3 is 15.1 Å². The molecule has 0 aliphatic rings. The zero-order valence-corrected chi connectivity index (χ0v) is 10.7. The van der Waals surface area contributed by atoms with Gasteiger partial charge in [0.15, 0.2) is 6.61 Å². The van der Waals surface area contributed by atoms with Gasteiger partial charge in [0.1, 0.15) is 0 Å². The van der Waals surface area contributed by atoms with Crippen LogP contribution < -0.4 is 0 Å². The highest BCUT2D eigenvalue weighted by atomic mass is 16.8. The molecular weight excluding hydrogens is 226 g/mol. The minimum Gasteiger partial charge on any atom is -0.395 e. The summed E-state index contributed by atoms with van der Waals surface area (Å²) in [5, 5.41) is 17.3. The standard InChI is InChI=1S/C10H24N3O4/c1-11(5-8-14)3-4-13(16)17-10-7-12(2)6-9-15/h14-15H,3-10H2,1-2H3/q+1. The summed E-state index contributed by atoms with van der Waals surface area (Å²) in [4.78, 5) is 20.5. The lowest BCUT2D eigenvalue weighted by Gasteiger charge is -2.13. The first-order valence-electron chi connectivity index (χ1n) is 5.76. The number of aliphatic hydroxyl groups excluding tert-OH is 2. The van der Waals surface area contributed by atoms with Gasteiger partial charge >= 0.3 is 0 Å². The van der Waals surface area contributed by atoms with Crippen LogP contribution in [-0.2, 0) is 4.84 Å². The topological polar surface area (TPSA) is 76.2 Å². The second-order valence-corrected chi connectivity index (χ2v) is 3.94. The van der Waals surface area contributed by atoms with E-state index in [9.17, 15) is 4.91 Å². The maximum atomic E-state index is 11.2. The van der Waals surface area contributed by atoms with Gasteiger partial charge in [0.05, 0.1) is 24.7 Å². The van der Waals surface area contributed by atoms with Crippen LogP contribution >= 0.6 is 0 Å². The van der Waals surface area contributed by atoms with Crippen molar-refractivity contribution in [3.05, 3.63) is 4.91 Å². The fraction of sp³-hybridized carbons (Fsp3) is 1.00. The minimum absolute atomic E-state index is 0.0855. The van der Waals surface area contributed by atoms with Crippen molar-refractivity contribution in [2.24, 2.45) is 0 Å². The lowest BCUT2D eigenvalue weighted by Crippen LogP contribution is -2.31. The van der Waals surface area contributed by atoms with E-state index in [-0.39, 0.29) is 19.8 Å². The first-order chi connectivity index (χ1) is 8.10. The van der Waals surface area contributed by atoms with E-state index in [2.05, 4.69) is 0 Å². The van der Waals surface area contributed by atoms with Crippen LogP contribution in [0.3, 0.4) is 0 Å². The summed E-state index contributed by atoms with van der Waals surface area (Å²) in [6.45, 7) is 3.02. The van der Waals surface area contributed by atoms with E-state index in [1.165, 1.54) is 0 Å². The van der Waals surface area contributed by atoms with Gasteiger partial charge in [-0.1, -0.05) is 0 Å². The smallest absolute Gasteiger partial charge is 0.260 e. The molecule has 7 heteroatoms. The van der Waals surface area contributed by atoms with Crippen molar-refractivity contribution in [2.45, 2.75) is 0 Å². The second kappa shape index (κ2) is 10.4. The first-order valence-corrected chi connectivity index (χ1v) is 5.76. The highest BCUT2D eigenvalue weighted by Crippen LogP contribution is 1.86. The van der Waals surface area contributed by atoms with Crippen LogP contribution in [0.5, 0.6) is 0 Å². The van der Waals surface area contributed by atoms with Gasteiger partial charge in [-0.05, 0) is 14.1 Å². The zero-order valence-electron chi connectivity index (χ0n) is 10.7. The third-order valence-corrected chi connectivity index (χ3v) is 2.34. The molecule has 0 radical (unpaired) electrons. The Bertz CT molecular complexity index is 204. The molecule has 0 aliphatic heterocycles. The fourth-order valence-electron chi connectivity index (χ4n) is 1.18. The van der Waals surface area contributed by atoms with E-state index in [1.54, 1.807) is 0 Å². The second-order valence-electron chi connectivity index (χ2n) is 3.94.